The van der Waals surface area contributed by atoms with Crippen LogP contribution in [0.15, 0.2) is 36.5 Å². The number of aromatic carboxylic acids is 1. The van der Waals surface area contributed by atoms with Gasteiger partial charge in [-0.2, -0.15) is 5.26 Å². The summed E-state index contributed by atoms with van der Waals surface area (Å²) in [6, 6.07) is 10.5. The van der Waals surface area contributed by atoms with E-state index in [-0.39, 0.29) is 18.1 Å². The maximum Gasteiger partial charge on any atom is 0.358 e. The highest BCUT2D eigenvalue weighted by atomic mass is 16.5. The Morgan fingerprint density at radius 3 is 2.90 bits per heavy atom. The first-order chi connectivity index (χ1) is 9.61. The lowest BCUT2D eigenvalue weighted by molar-refractivity contribution is 0.0685. The summed E-state index contributed by atoms with van der Waals surface area (Å²) in [5, 5.41) is 17.8. The van der Waals surface area contributed by atoms with Crippen LogP contribution < -0.4 is 4.74 Å². The maximum atomic E-state index is 11.0. The van der Waals surface area contributed by atoms with Crippen LogP contribution in [0.25, 0.3) is 0 Å². The number of aryl methyl sites for hydroxylation is 1. The molecule has 0 bridgehead atoms. The van der Waals surface area contributed by atoms with Gasteiger partial charge in [-0.15, -0.1) is 0 Å². The second-order valence-electron chi connectivity index (χ2n) is 4.20. The van der Waals surface area contributed by atoms with E-state index in [4.69, 9.17) is 15.1 Å². The van der Waals surface area contributed by atoms with Crippen molar-refractivity contribution in [2.75, 3.05) is 0 Å². The van der Waals surface area contributed by atoms with E-state index in [0.717, 1.165) is 11.1 Å². The molecule has 5 nitrogen and oxygen atoms in total. The first-order valence-electron chi connectivity index (χ1n) is 5.92. The summed E-state index contributed by atoms with van der Waals surface area (Å²) in [4.78, 5) is 14.8. The van der Waals surface area contributed by atoms with Crippen LogP contribution in [-0.2, 0) is 6.61 Å². The third-order valence-electron chi connectivity index (χ3n) is 2.83. The van der Waals surface area contributed by atoms with Crippen molar-refractivity contribution in [1.82, 2.24) is 4.98 Å². The molecule has 0 saturated carbocycles. The van der Waals surface area contributed by atoms with E-state index in [9.17, 15) is 4.79 Å². The number of ether oxygens (including phenoxy) is 1. The summed E-state index contributed by atoms with van der Waals surface area (Å²) >= 11 is 0. The highest BCUT2D eigenvalue weighted by Crippen LogP contribution is 2.18. The smallest absolute Gasteiger partial charge is 0.358 e. The van der Waals surface area contributed by atoms with Gasteiger partial charge in [0, 0.05) is 6.20 Å². The Hall–Kier alpha value is -2.87. The fourth-order valence-corrected chi connectivity index (χ4v) is 1.75. The van der Waals surface area contributed by atoms with Crippen LogP contribution in [0.1, 0.15) is 27.2 Å². The zero-order valence-corrected chi connectivity index (χ0v) is 10.8. The van der Waals surface area contributed by atoms with Crippen LogP contribution in [-0.4, -0.2) is 16.1 Å². The predicted molar refractivity (Wildman–Crippen MR) is 71.4 cm³/mol. The molecular weight excluding hydrogens is 256 g/mol. The van der Waals surface area contributed by atoms with Crippen LogP contribution >= 0.6 is 0 Å². The largest absolute Gasteiger partial charge is 0.486 e. The number of benzene rings is 1. The van der Waals surface area contributed by atoms with Crippen molar-refractivity contribution in [3.8, 4) is 11.8 Å². The average molecular weight is 268 g/mol. The molecule has 0 aliphatic carbocycles. The van der Waals surface area contributed by atoms with Gasteiger partial charge >= 0.3 is 5.97 Å². The molecule has 5 heteroatoms. The van der Waals surface area contributed by atoms with Crippen LogP contribution in [0.3, 0.4) is 0 Å². The molecule has 20 heavy (non-hydrogen) atoms. The standard InChI is InChI=1S/C15H12N2O3/c1-10-7-11(8-16)4-5-12(10)9-20-13-3-2-6-17-14(13)15(18)19/h2-7H,9H2,1H3,(H,18,19). The van der Waals surface area contributed by atoms with Gasteiger partial charge in [-0.3, -0.25) is 0 Å². The summed E-state index contributed by atoms with van der Waals surface area (Å²) in [6.45, 7) is 2.10. The van der Waals surface area contributed by atoms with Gasteiger partial charge in [0.2, 0.25) is 0 Å². The van der Waals surface area contributed by atoms with E-state index >= 15 is 0 Å². The SMILES string of the molecule is Cc1cc(C#N)ccc1COc1cccnc1C(=O)O. The number of nitrogens with zero attached hydrogens (tertiary/aromatic N) is 2. The molecule has 1 aromatic carbocycles. The monoisotopic (exact) mass is 268 g/mol. The Morgan fingerprint density at radius 1 is 1.45 bits per heavy atom. The fraction of sp³-hybridized carbons (Fsp3) is 0.133. The number of aromatic nitrogens is 1. The van der Waals surface area contributed by atoms with E-state index in [2.05, 4.69) is 11.1 Å². The highest BCUT2D eigenvalue weighted by Gasteiger charge is 2.12. The Balaban J connectivity index is 2.18. The molecule has 1 N–H and O–H groups in total. The van der Waals surface area contributed by atoms with Crippen molar-refractivity contribution >= 4 is 5.97 Å². The average Bonchev–Trinajstić information content (AvgIpc) is 2.46. The van der Waals surface area contributed by atoms with Gasteiger partial charge in [0.15, 0.2) is 11.4 Å². The van der Waals surface area contributed by atoms with Gasteiger partial charge in [-0.25, -0.2) is 9.78 Å². The normalized spacial score (nSPS) is 9.80. The fourth-order valence-electron chi connectivity index (χ4n) is 1.75. The van der Waals surface area contributed by atoms with Gasteiger partial charge < -0.3 is 9.84 Å². The number of pyridine rings is 1. The van der Waals surface area contributed by atoms with Gasteiger partial charge in [0.05, 0.1) is 11.6 Å². The molecule has 0 aliphatic rings. The quantitative estimate of drug-likeness (QED) is 0.921. The Bertz CT molecular complexity index is 690. The lowest BCUT2D eigenvalue weighted by atomic mass is 10.1. The molecule has 1 aromatic heterocycles. The zero-order chi connectivity index (χ0) is 14.5. The summed E-state index contributed by atoms with van der Waals surface area (Å²) < 4.78 is 5.51. The topological polar surface area (TPSA) is 83.2 Å². The lowest BCUT2D eigenvalue weighted by Crippen LogP contribution is -2.06. The van der Waals surface area contributed by atoms with Gasteiger partial charge in [0.25, 0.3) is 0 Å². The van der Waals surface area contributed by atoms with E-state index in [0.29, 0.717) is 5.56 Å². The molecule has 2 aromatic rings. The van der Waals surface area contributed by atoms with Crippen molar-refractivity contribution in [2.24, 2.45) is 0 Å². The molecule has 2 rings (SSSR count). The molecule has 0 saturated heterocycles. The van der Waals surface area contributed by atoms with E-state index in [1.807, 2.05) is 6.92 Å². The number of nitriles is 1. The molecule has 0 atom stereocenters. The van der Waals surface area contributed by atoms with Crippen molar-refractivity contribution in [1.29, 1.82) is 5.26 Å². The number of carboxylic acid groups (broad SMARTS) is 1. The molecule has 1 heterocycles. The molecule has 0 spiro atoms. The molecular formula is C15H12N2O3. The first-order valence-corrected chi connectivity index (χ1v) is 5.92. The number of hydrogen-bond donors (Lipinski definition) is 1. The minimum Gasteiger partial charge on any atom is -0.486 e. The molecule has 0 fully saturated rings. The Morgan fingerprint density at radius 2 is 2.25 bits per heavy atom. The predicted octanol–water partition coefficient (Wildman–Crippen LogP) is 2.54. The molecule has 0 unspecified atom stereocenters. The van der Waals surface area contributed by atoms with Crippen LogP contribution in [0.2, 0.25) is 0 Å². The number of carboxylic acids is 1. The Kier molecular flexibility index (Phi) is 3.96. The molecule has 0 amide bonds. The molecule has 100 valence electrons. The summed E-state index contributed by atoms with van der Waals surface area (Å²) in [5.74, 6) is -0.902. The van der Waals surface area contributed by atoms with Crippen molar-refractivity contribution in [3.05, 3.63) is 58.9 Å². The van der Waals surface area contributed by atoms with E-state index in [1.165, 1.54) is 6.20 Å². The second kappa shape index (κ2) is 5.85. The third kappa shape index (κ3) is 2.93. The Labute approximate surface area is 116 Å². The van der Waals surface area contributed by atoms with Crippen LogP contribution in [0.5, 0.6) is 5.75 Å². The van der Waals surface area contributed by atoms with Gasteiger partial charge in [-0.05, 0) is 42.3 Å². The van der Waals surface area contributed by atoms with Crippen molar-refractivity contribution in [3.63, 3.8) is 0 Å². The lowest BCUT2D eigenvalue weighted by Gasteiger charge is -2.10. The summed E-state index contributed by atoms with van der Waals surface area (Å²) in [6.07, 6.45) is 1.41. The molecule has 0 aliphatic heterocycles. The number of rotatable bonds is 4. The minimum absolute atomic E-state index is 0.112. The number of carbonyl (C=O) groups is 1. The van der Waals surface area contributed by atoms with E-state index < -0.39 is 5.97 Å². The summed E-state index contributed by atoms with van der Waals surface area (Å²) in [5.41, 5.74) is 2.28. The van der Waals surface area contributed by atoms with Crippen LogP contribution in [0.4, 0.5) is 0 Å². The van der Waals surface area contributed by atoms with Crippen molar-refractivity contribution < 1.29 is 14.6 Å². The van der Waals surface area contributed by atoms with Crippen molar-refractivity contribution in [2.45, 2.75) is 13.5 Å². The van der Waals surface area contributed by atoms with Gasteiger partial charge in [0.1, 0.15) is 6.61 Å². The van der Waals surface area contributed by atoms with Gasteiger partial charge in [-0.1, -0.05) is 6.07 Å². The minimum atomic E-state index is -1.13. The highest BCUT2D eigenvalue weighted by molar-refractivity contribution is 5.88. The number of hydrogen-bond acceptors (Lipinski definition) is 4. The zero-order valence-electron chi connectivity index (χ0n) is 10.8. The maximum absolute atomic E-state index is 11.0. The van der Waals surface area contributed by atoms with E-state index in [1.54, 1.807) is 30.3 Å². The summed E-state index contributed by atoms with van der Waals surface area (Å²) in [7, 11) is 0. The second-order valence-corrected chi connectivity index (χ2v) is 4.20. The molecule has 0 radical (unpaired) electrons. The first kappa shape index (κ1) is 13.6. The third-order valence-corrected chi connectivity index (χ3v) is 2.83. The van der Waals surface area contributed by atoms with Crippen LogP contribution in [0, 0.1) is 18.3 Å².